The molecule has 0 aliphatic heterocycles. The van der Waals surface area contributed by atoms with E-state index in [-0.39, 0.29) is 18.8 Å². The van der Waals surface area contributed by atoms with E-state index in [1.807, 2.05) is 0 Å². The van der Waals surface area contributed by atoms with Crippen LogP contribution in [0.4, 0.5) is 5.69 Å². The number of hydrogen-bond donors (Lipinski definition) is 2. The van der Waals surface area contributed by atoms with Crippen LogP contribution in [0.15, 0.2) is 77.9 Å². The van der Waals surface area contributed by atoms with Gasteiger partial charge in [0.2, 0.25) is 0 Å². The maximum atomic E-state index is 11.8. The summed E-state index contributed by atoms with van der Waals surface area (Å²) < 4.78 is 5.65. The van der Waals surface area contributed by atoms with E-state index in [9.17, 15) is 19.7 Å². The van der Waals surface area contributed by atoms with Crippen LogP contribution >= 0.6 is 11.6 Å². The van der Waals surface area contributed by atoms with E-state index < -0.39 is 16.7 Å². The monoisotopic (exact) mass is 466 g/mol. The van der Waals surface area contributed by atoms with E-state index in [2.05, 4.69) is 15.8 Å². The molecule has 0 aliphatic rings. The fourth-order valence-electron chi connectivity index (χ4n) is 2.61. The third-order valence-corrected chi connectivity index (χ3v) is 4.64. The van der Waals surface area contributed by atoms with Gasteiger partial charge in [0.25, 0.3) is 5.69 Å². The number of nitrogens with zero attached hydrogens (tertiary/aromatic N) is 2. The molecular weight excluding hydrogens is 448 g/mol. The molecule has 0 radical (unpaired) electrons. The molecule has 0 aromatic heterocycles. The highest BCUT2D eigenvalue weighted by Crippen LogP contribution is 2.16. The first kappa shape index (κ1) is 23.4. The highest BCUT2D eigenvalue weighted by molar-refractivity contribution is 6.35. The Bertz CT molecular complexity index is 1150. The predicted octanol–water partition coefficient (Wildman–Crippen LogP) is 3.59. The van der Waals surface area contributed by atoms with E-state index in [4.69, 9.17) is 16.3 Å². The van der Waals surface area contributed by atoms with Crippen LogP contribution in [0.2, 0.25) is 5.02 Å². The minimum Gasteiger partial charge on any atom is -0.489 e. The zero-order valence-corrected chi connectivity index (χ0v) is 18.0. The number of rotatable bonds is 8. The molecule has 0 spiro atoms. The summed E-state index contributed by atoms with van der Waals surface area (Å²) in [6, 6.07) is 19.9. The van der Waals surface area contributed by atoms with Gasteiger partial charge in [-0.3, -0.25) is 19.7 Å². The number of halogens is 1. The number of hydrazone groups is 1. The summed E-state index contributed by atoms with van der Waals surface area (Å²) in [4.78, 5) is 33.9. The fraction of sp³-hybridized carbons (Fsp3) is 0.0870. The summed E-state index contributed by atoms with van der Waals surface area (Å²) in [5.41, 5.74) is 4.47. The molecular formula is C23H19ClN4O5. The minimum absolute atomic E-state index is 0.0218. The largest absolute Gasteiger partial charge is 0.489 e. The number of nitro benzene ring substituents is 1. The predicted molar refractivity (Wildman–Crippen MR) is 123 cm³/mol. The van der Waals surface area contributed by atoms with Gasteiger partial charge in [-0.1, -0.05) is 23.7 Å². The molecule has 0 saturated heterocycles. The molecule has 2 amide bonds. The molecule has 10 heteroatoms. The molecule has 2 N–H and O–H groups in total. The number of benzene rings is 3. The first-order valence-corrected chi connectivity index (χ1v) is 10.1. The van der Waals surface area contributed by atoms with Crippen LogP contribution in [-0.2, 0) is 22.7 Å². The molecule has 0 saturated carbocycles. The highest BCUT2D eigenvalue weighted by atomic mass is 35.5. The molecule has 3 aromatic rings. The highest BCUT2D eigenvalue weighted by Gasteiger charge is 2.11. The lowest BCUT2D eigenvalue weighted by atomic mass is 10.2. The smallest absolute Gasteiger partial charge is 0.329 e. The molecule has 168 valence electrons. The standard InChI is InChI=1S/C23H19ClN4O5/c24-19-7-1-16(2-8-19)13-25-22(29)23(30)27-26-14-17-5-11-21(12-6-17)33-15-18-3-9-20(10-4-18)28(31)32/h1-12,14H,13,15H2,(H,25,29)(H,27,30)/b26-14-. The van der Waals surface area contributed by atoms with Crippen molar-refractivity contribution in [2.45, 2.75) is 13.2 Å². The van der Waals surface area contributed by atoms with E-state index in [0.717, 1.165) is 11.1 Å². The Morgan fingerprint density at radius 3 is 2.21 bits per heavy atom. The number of amides is 2. The number of carbonyl (C=O) groups is 2. The zero-order chi connectivity index (χ0) is 23.6. The number of ether oxygens (including phenoxy) is 1. The van der Waals surface area contributed by atoms with Crippen molar-refractivity contribution >= 4 is 35.3 Å². The van der Waals surface area contributed by atoms with Crippen molar-refractivity contribution in [2.24, 2.45) is 5.10 Å². The van der Waals surface area contributed by atoms with Crippen molar-refractivity contribution in [3.63, 3.8) is 0 Å². The lowest BCUT2D eigenvalue weighted by Gasteiger charge is -2.06. The van der Waals surface area contributed by atoms with Crippen LogP contribution < -0.4 is 15.5 Å². The van der Waals surface area contributed by atoms with Crippen molar-refractivity contribution < 1.29 is 19.2 Å². The molecule has 3 aromatic carbocycles. The first-order chi connectivity index (χ1) is 15.9. The van der Waals surface area contributed by atoms with Crippen molar-refractivity contribution in [1.29, 1.82) is 0 Å². The Balaban J connectivity index is 1.42. The van der Waals surface area contributed by atoms with Gasteiger partial charge in [0.15, 0.2) is 0 Å². The molecule has 0 bridgehead atoms. The quantitative estimate of drug-likeness (QED) is 0.227. The summed E-state index contributed by atoms with van der Waals surface area (Å²) in [7, 11) is 0. The van der Waals surface area contributed by atoms with Crippen molar-refractivity contribution in [1.82, 2.24) is 10.7 Å². The third-order valence-electron chi connectivity index (χ3n) is 4.39. The average molecular weight is 467 g/mol. The summed E-state index contributed by atoms with van der Waals surface area (Å²) in [5, 5.41) is 17.5. The molecule has 9 nitrogen and oxygen atoms in total. The second-order valence-corrected chi connectivity index (χ2v) is 7.23. The third kappa shape index (κ3) is 7.44. The van der Waals surface area contributed by atoms with Crippen LogP contribution in [0.25, 0.3) is 0 Å². The Labute approximate surface area is 194 Å². The number of non-ortho nitro benzene ring substituents is 1. The summed E-state index contributed by atoms with van der Waals surface area (Å²) in [6.45, 7) is 0.446. The van der Waals surface area contributed by atoms with Crippen molar-refractivity contribution in [3.8, 4) is 5.75 Å². The van der Waals surface area contributed by atoms with Crippen LogP contribution in [0.3, 0.4) is 0 Å². The number of carbonyl (C=O) groups excluding carboxylic acids is 2. The Morgan fingerprint density at radius 2 is 1.58 bits per heavy atom. The van der Waals surface area contributed by atoms with Crippen LogP contribution in [0.5, 0.6) is 5.75 Å². The Hall–Kier alpha value is -4.24. The maximum absolute atomic E-state index is 11.8. The number of nitro groups is 1. The summed E-state index contributed by atoms with van der Waals surface area (Å²) in [5.74, 6) is -1.10. The molecule has 0 unspecified atom stereocenters. The summed E-state index contributed by atoms with van der Waals surface area (Å²) >= 11 is 5.80. The van der Waals surface area contributed by atoms with Gasteiger partial charge < -0.3 is 10.1 Å². The van der Waals surface area contributed by atoms with Crippen LogP contribution in [0, 0.1) is 10.1 Å². The molecule has 33 heavy (non-hydrogen) atoms. The number of nitrogens with one attached hydrogen (secondary N) is 2. The van der Waals surface area contributed by atoms with E-state index in [1.165, 1.54) is 18.3 Å². The van der Waals surface area contributed by atoms with E-state index in [1.54, 1.807) is 60.7 Å². The average Bonchev–Trinajstić information content (AvgIpc) is 2.83. The van der Waals surface area contributed by atoms with Gasteiger partial charge in [-0.25, -0.2) is 5.43 Å². The van der Waals surface area contributed by atoms with Gasteiger partial charge in [0, 0.05) is 23.7 Å². The lowest BCUT2D eigenvalue weighted by Crippen LogP contribution is -2.37. The van der Waals surface area contributed by atoms with Gasteiger partial charge in [-0.15, -0.1) is 0 Å². The Kier molecular flexibility index (Phi) is 8.09. The lowest BCUT2D eigenvalue weighted by molar-refractivity contribution is -0.384. The molecule has 3 rings (SSSR count). The first-order valence-electron chi connectivity index (χ1n) is 9.72. The second kappa shape index (κ2) is 11.4. The van der Waals surface area contributed by atoms with Gasteiger partial charge in [-0.2, -0.15) is 5.10 Å². The van der Waals surface area contributed by atoms with Gasteiger partial charge in [0.1, 0.15) is 12.4 Å². The topological polar surface area (TPSA) is 123 Å². The second-order valence-electron chi connectivity index (χ2n) is 6.79. The summed E-state index contributed by atoms with van der Waals surface area (Å²) in [6.07, 6.45) is 1.39. The van der Waals surface area contributed by atoms with Crippen molar-refractivity contribution in [2.75, 3.05) is 0 Å². The number of hydrogen-bond acceptors (Lipinski definition) is 6. The van der Waals surface area contributed by atoms with Crippen LogP contribution in [-0.4, -0.2) is 23.0 Å². The SMILES string of the molecule is O=C(NCc1ccc(Cl)cc1)C(=O)N/N=C\c1ccc(OCc2ccc([N+](=O)[O-])cc2)cc1. The maximum Gasteiger partial charge on any atom is 0.329 e. The molecule has 0 aliphatic carbocycles. The molecule has 0 atom stereocenters. The fourth-order valence-corrected chi connectivity index (χ4v) is 2.74. The van der Waals surface area contributed by atoms with Crippen molar-refractivity contribution in [3.05, 3.63) is 105 Å². The van der Waals surface area contributed by atoms with E-state index >= 15 is 0 Å². The van der Waals surface area contributed by atoms with Gasteiger partial charge in [-0.05, 0) is 65.2 Å². The Morgan fingerprint density at radius 1 is 0.939 bits per heavy atom. The minimum atomic E-state index is -0.886. The molecule has 0 heterocycles. The van der Waals surface area contributed by atoms with Gasteiger partial charge >= 0.3 is 11.8 Å². The van der Waals surface area contributed by atoms with Crippen LogP contribution in [0.1, 0.15) is 16.7 Å². The zero-order valence-electron chi connectivity index (χ0n) is 17.2. The normalized spacial score (nSPS) is 10.6. The van der Waals surface area contributed by atoms with Gasteiger partial charge in [0.05, 0.1) is 11.1 Å². The molecule has 0 fully saturated rings. The van der Waals surface area contributed by atoms with E-state index in [0.29, 0.717) is 16.3 Å².